The predicted octanol–water partition coefficient (Wildman–Crippen LogP) is 5.88. The maximum absolute atomic E-state index is 12.7. The van der Waals surface area contributed by atoms with Gasteiger partial charge in [0.05, 0.1) is 13.2 Å². The Morgan fingerprint density at radius 2 is 1.84 bits per heavy atom. The molecule has 2 fully saturated rings. The van der Waals surface area contributed by atoms with E-state index in [2.05, 4.69) is 36.1 Å². The minimum atomic E-state index is -0.231. The molecule has 2 aliphatic heterocycles. The van der Waals surface area contributed by atoms with Crippen LogP contribution in [0.15, 0.2) is 36.4 Å². The van der Waals surface area contributed by atoms with Crippen molar-refractivity contribution < 1.29 is 19.1 Å². The van der Waals surface area contributed by atoms with Crippen LogP contribution in [0.1, 0.15) is 78.4 Å². The van der Waals surface area contributed by atoms with E-state index in [1.165, 1.54) is 47.5 Å². The van der Waals surface area contributed by atoms with Crippen LogP contribution in [0.4, 0.5) is 5.69 Å². The maximum Gasteiger partial charge on any atom is 0.348 e. The number of benzene rings is 1. The van der Waals surface area contributed by atoms with Gasteiger partial charge >= 0.3 is 5.97 Å². The summed E-state index contributed by atoms with van der Waals surface area (Å²) >= 11 is 1.53. The van der Waals surface area contributed by atoms with E-state index < -0.39 is 0 Å². The fraction of sp³-hybridized carbons (Fsp3) is 0.600. The largest absolute Gasteiger partial charge is 0.460 e. The summed E-state index contributed by atoms with van der Waals surface area (Å²) in [5.74, 6) is 0.00446. The van der Waals surface area contributed by atoms with Crippen LogP contribution in [-0.4, -0.2) is 62.3 Å². The van der Waals surface area contributed by atoms with E-state index in [4.69, 9.17) is 9.47 Å². The number of morpholine rings is 1. The average molecular weight is 527 g/mol. The Balaban J connectivity index is 1.20. The lowest BCUT2D eigenvalue weighted by Crippen LogP contribution is -2.38. The molecule has 7 heteroatoms. The zero-order chi connectivity index (χ0) is 25.9. The van der Waals surface area contributed by atoms with E-state index in [0.717, 1.165) is 70.6 Å². The Morgan fingerprint density at radius 1 is 1.03 bits per heavy atom. The molecule has 0 N–H and O–H groups in total. The molecule has 2 saturated heterocycles. The monoisotopic (exact) mass is 526 g/mol. The summed E-state index contributed by atoms with van der Waals surface area (Å²) < 4.78 is 10.8. The van der Waals surface area contributed by atoms with Crippen molar-refractivity contribution in [1.29, 1.82) is 0 Å². The fourth-order valence-corrected chi connectivity index (χ4v) is 6.19. The molecule has 1 aromatic heterocycles. The Labute approximate surface area is 225 Å². The molecule has 6 nitrogen and oxygen atoms in total. The van der Waals surface area contributed by atoms with Crippen LogP contribution >= 0.6 is 11.3 Å². The van der Waals surface area contributed by atoms with Crippen molar-refractivity contribution in [1.82, 2.24) is 4.90 Å². The van der Waals surface area contributed by atoms with Crippen molar-refractivity contribution in [2.45, 2.75) is 77.2 Å². The topological polar surface area (TPSA) is 59.1 Å². The van der Waals surface area contributed by atoms with Crippen molar-refractivity contribution in [3.05, 3.63) is 51.7 Å². The Hall–Kier alpha value is -2.22. The van der Waals surface area contributed by atoms with Crippen LogP contribution < -0.4 is 4.90 Å². The van der Waals surface area contributed by atoms with Gasteiger partial charge in [0, 0.05) is 42.7 Å². The third kappa shape index (κ3) is 8.39. The average Bonchev–Trinajstić information content (AvgIpc) is 3.54. The molecule has 2 aliphatic rings. The van der Waals surface area contributed by atoms with E-state index in [9.17, 15) is 9.59 Å². The second-order valence-electron chi connectivity index (χ2n) is 10.2. The molecule has 0 aliphatic carbocycles. The molecule has 0 spiro atoms. The van der Waals surface area contributed by atoms with Crippen LogP contribution in [-0.2, 0) is 27.1 Å². The summed E-state index contributed by atoms with van der Waals surface area (Å²) in [6.45, 7) is 6.70. The first-order valence-electron chi connectivity index (χ1n) is 14.1. The van der Waals surface area contributed by atoms with Crippen molar-refractivity contribution in [2.75, 3.05) is 44.4 Å². The number of esters is 1. The van der Waals surface area contributed by atoms with Gasteiger partial charge in [0.15, 0.2) is 0 Å². The number of hydrogen-bond acceptors (Lipinski definition) is 6. The molecule has 4 rings (SSSR count). The number of aryl methyl sites for hydroxylation is 2. The van der Waals surface area contributed by atoms with Gasteiger partial charge in [-0.05, 0) is 68.4 Å². The molecule has 0 unspecified atom stereocenters. The smallest absolute Gasteiger partial charge is 0.348 e. The third-order valence-corrected chi connectivity index (χ3v) is 8.55. The van der Waals surface area contributed by atoms with Crippen LogP contribution in [0.2, 0.25) is 0 Å². The zero-order valence-corrected chi connectivity index (χ0v) is 23.1. The molecular formula is C30H42N2O4S. The summed E-state index contributed by atoms with van der Waals surface area (Å²) in [7, 11) is 0. The van der Waals surface area contributed by atoms with Gasteiger partial charge in [-0.2, -0.15) is 0 Å². The molecule has 37 heavy (non-hydrogen) atoms. The molecule has 202 valence electrons. The first-order chi connectivity index (χ1) is 18.1. The SMILES string of the molecule is CCCCCCc1ccc(N2C(=O)CC[C@@H]2CCCc2ccc(C(=O)OCCN3CCOCC3)s2)cc1. The maximum atomic E-state index is 12.7. The van der Waals surface area contributed by atoms with Gasteiger partial charge in [-0.3, -0.25) is 9.69 Å². The van der Waals surface area contributed by atoms with Crippen molar-refractivity contribution in [2.24, 2.45) is 0 Å². The number of nitrogens with zero attached hydrogens (tertiary/aromatic N) is 2. The fourth-order valence-electron chi connectivity index (χ4n) is 5.25. The number of thiophene rings is 1. The first-order valence-corrected chi connectivity index (χ1v) is 14.9. The zero-order valence-electron chi connectivity index (χ0n) is 22.3. The third-order valence-electron chi connectivity index (χ3n) is 7.43. The Kier molecular flexibility index (Phi) is 11.0. The van der Waals surface area contributed by atoms with Gasteiger partial charge in [-0.1, -0.05) is 38.3 Å². The highest BCUT2D eigenvalue weighted by Gasteiger charge is 2.31. The highest BCUT2D eigenvalue weighted by atomic mass is 32.1. The second kappa shape index (κ2) is 14.6. The molecule has 1 aromatic carbocycles. The van der Waals surface area contributed by atoms with E-state index in [0.29, 0.717) is 17.9 Å². The number of carbonyl (C=O) groups is 2. The number of ether oxygens (including phenoxy) is 2. The van der Waals surface area contributed by atoms with Crippen LogP contribution in [0, 0.1) is 0 Å². The number of anilines is 1. The van der Waals surface area contributed by atoms with Gasteiger partial charge in [0.25, 0.3) is 0 Å². The second-order valence-corrected chi connectivity index (χ2v) is 11.3. The number of hydrogen-bond donors (Lipinski definition) is 0. The van der Waals surface area contributed by atoms with Crippen molar-refractivity contribution in [3.8, 4) is 0 Å². The summed E-state index contributed by atoms with van der Waals surface area (Å²) in [4.78, 5) is 31.3. The molecule has 0 bridgehead atoms. The van der Waals surface area contributed by atoms with E-state index in [-0.39, 0.29) is 17.9 Å². The highest BCUT2D eigenvalue weighted by molar-refractivity contribution is 7.13. The van der Waals surface area contributed by atoms with Crippen molar-refractivity contribution >= 4 is 28.9 Å². The molecule has 1 amide bonds. The number of unbranched alkanes of at least 4 members (excludes halogenated alkanes) is 3. The normalized spacial score (nSPS) is 18.5. The number of amides is 1. The minimum absolute atomic E-state index is 0.231. The lowest BCUT2D eigenvalue weighted by atomic mass is 10.0. The molecular weight excluding hydrogens is 484 g/mol. The van der Waals surface area contributed by atoms with E-state index in [1.807, 2.05) is 17.0 Å². The molecule has 2 aromatic rings. The van der Waals surface area contributed by atoms with Crippen molar-refractivity contribution in [3.63, 3.8) is 0 Å². The van der Waals surface area contributed by atoms with E-state index >= 15 is 0 Å². The number of carbonyl (C=O) groups excluding carboxylic acids is 2. The first kappa shape index (κ1) is 27.8. The minimum Gasteiger partial charge on any atom is -0.460 e. The molecule has 0 saturated carbocycles. The van der Waals surface area contributed by atoms with E-state index in [1.54, 1.807) is 0 Å². The van der Waals surface area contributed by atoms with Gasteiger partial charge in [0.1, 0.15) is 11.5 Å². The molecule has 0 radical (unpaired) electrons. The lowest BCUT2D eigenvalue weighted by Gasteiger charge is -2.26. The quantitative estimate of drug-likeness (QED) is 0.227. The predicted molar refractivity (Wildman–Crippen MR) is 150 cm³/mol. The Morgan fingerprint density at radius 3 is 2.62 bits per heavy atom. The van der Waals surface area contributed by atoms with Gasteiger partial charge in [0.2, 0.25) is 5.91 Å². The summed E-state index contributed by atoms with van der Waals surface area (Å²) in [6.07, 6.45) is 10.6. The van der Waals surface area contributed by atoms with Crippen LogP contribution in [0.25, 0.3) is 0 Å². The summed E-state index contributed by atoms with van der Waals surface area (Å²) in [5, 5.41) is 0. The van der Waals surface area contributed by atoms with Crippen LogP contribution in [0.5, 0.6) is 0 Å². The summed E-state index contributed by atoms with van der Waals surface area (Å²) in [5.41, 5.74) is 2.39. The van der Waals surface area contributed by atoms with Gasteiger partial charge in [-0.15, -0.1) is 11.3 Å². The molecule has 3 heterocycles. The lowest BCUT2D eigenvalue weighted by molar-refractivity contribution is -0.117. The molecule has 1 atom stereocenters. The highest BCUT2D eigenvalue weighted by Crippen LogP contribution is 2.30. The Bertz CT molecular complexity index is 984. The standard InChI is InChI=1S/C30H42N2O4S/c1-2-3-4-5-7-24-10-12-26(13-11-24)32-25(14-17-29(32)33)8-6-9-27-15-16-28(37-27)30(34)36-23-20-31-18-21-35-22-19-31/h10-13,15-16,25H,2-9,14,17-23H2,1H3/t25-/m0/s1. The van der Waals surface area contributed by atoms with Gasteiger partial charge in [-0.25, -0.2) is 4.79 Å². The number of rotatable bonds is 14. The summed E-state index contributed by atoms with van der Waals surface area (Å²) in [6, 6.07) is 12.8. The van der Waals surface area contributed by atoms with Crippen LogP contribution in [0.3, 0.4) is 0 Å². The van der Waals surface area contributed by atoms with Gasteiger partial charge < -0.3 is 14.4 Å².